The van der Waals surface area contributed by atoms with Crippen molar-refractivity contribution in [2.45, 2.75) is 10.9 Å². The Balaban J connectivity index is 1.35. The fourth-order valence-electron chi connectivity index (χ4n) is 3.72. The normalized spacial score (nSPS) is 10.8. The van der Waals surface area contributed by atoms with E-state index in [-0.39, 0.29) is 5.91 Å². The molecule has 37 heavy (non-hydrogen) atoms. The van der Waals surface area contributed by atoms with Crippen molar-refractivity contribution in [2.24, 2.45) is 0 Å². The molecular weight excluding hydrogens is 488 g/mol. The van der Waals surface area contributed by atoms with Crippen LogP contribution < -0.4 is 14.8 Å². The molecule has 1 N–H and O–H groups in total. The second kappa shape index (κ2) is 11.0. The minimum absolute atomic E-state index is 0.182. The van der Waals surface area contributed by atoms with Gasteiger partial charge >= 0.3 is 0 Å². The third kappa shape index (κ3) is 5.52. The SMILES string of the molecule is COc1ccc(NC(=O)c2cccc(CSc3nnc(-c4ccco4)n3-c3ccc(OC)cc3)c2)cc1. The molecule has 2 heterocycles. The largest absolute Gasteiger partial charge is 0.497 e. The lowest BCUT2D eigenvalue weighted by Gasteiger charge is -2.11. The second-order valence-corrected chi connectivity index (χ2v) is 8.93. The van der Waals surface area contributed by atoms with Crippen LogP contribution in [0.5, 0.6) is 11.5 Å². The van der Waals surface area contributed by atoms with Gasteiger partial charge in [-0.25, -0.2) is 0 Å². The van der Waals surface area contributed by atoms with Gasteiger partial charge in [0.25, 0.3) is 5.91 Å². The summed E-state index contributed by atoms with van der Waals surface area (Å²) in [6.07, 6.45) is 1.61. The Kier molecular flexibility index (Phi) is 7.23. The number of methoxy groups -OCH3 is 2. The lowest BCUT2D eigenvalue weighted by molar-refractivity contribution is 0.102. The summed E-state index contributed by atoms with van der Waals surface area (Å²) in [6, 6.07) is 26.1. The van der Waals surface area contributed by atoms with Crippen molar-refractivity contribution in [3.05, 3.63) is 102 Å². The maximum atomic E-state index is 12.8. The average molecular weight is 513 g/mol. The monoisotopic (exact) mass is 512 g/mol. The fourth-order valence-corrected chi connectivity index (χ4v) is 4.62. The van der Waals surface area contributed by atoms with Crippen LogP contribution >= 0.6 is 11.8 Å². The Bertz CT molecular complexity index is 1480. The number of anilines is 1. The van der Waals surface area contributed by atoms with Gasteiger partial charge in [0.2, 0.25) is 5.82 Å². The molecule has 3 aromatic carbocycles. The summed E-state index contributed by atoms with van der Waals surface area (Å²) in [5.74, 6) is 3.12. The zero-order valence-corrected chi connectivity index (χ0v) is 21.1. The zero-order chi connectivity index (χ0) is 25.6. The van der Waals surface area contributed by atoms with Gasteiger partial charge in [-0.2, -0.15) is 0 Å². The molecule has 2 aromatic heterocycles. The van der Waals surface area contributed by atoms with Crippen LogP contribution in [0.1, 0.15) is 15.9 Å². The lowest BCUT2D eigenvalue weighted by atomic mass is 10.1. The zero-order valence-electron chi connectivity index (χ0n) is 20.3. The first-order valence-electron chi connectivity index (χ1n) is 11.5. The predicted octanol–water partition coefficient (Wildman–Crippen LogP) is 6.09. The smallest absolute Gasteiger partial charge is 0.255 e. The van der Waals surface area contributed by atoms with E-state index >= 15 is 0 Å². The number of hydrogen-bond acceptors (Lipinski definition) is 7. The molecule has 0 radical (unpaired) electrons. The van der Waals surface area contributed by atoms with E-state index < -0.39 is 0 Å². The highest BCUT2D eigenvalue weighted by Gasteiger charge is 2.18. The van der Waals surface area contributed by atoms with Crippen LogP contribution in [0.2, 0.25) is 0 Å². The number of thioether (sulfide) groups is 1. The van der Waals surface area contributed by atoms with Crippen molar-refractivity contribution in [2.75, 3.05) is 19.5 Å². The van der Waals surface area contributed by atoms with Crippen LogP contribution in [0.4, 0.5) is 5.69 Å². The van der Waals surface area contributed by atoms with Crippen molar-refractivity contribution in [3.8, 4) is 28.8 Å². The van der Waals surface area contributed by atoms with E-state index in [1.54, 1.807) is 50.8 Å². The van der Waals surface area contributed by atoms with Crippen LogP contribution in [0.15, 0.2) is 101 Å². The maximum absolute atomic E-state index is 12.8. The van der Waals surface area contributed by atoms with Gasteiger partial charge < -0.3 is 19.2 Å². The molecule has 186 valence electrons. The first-order valence-corrected chi connectivity index (χ1v) is 12.4. The van der Waals surface area contributed by atoms with E-state index in [1.807, 2.05) is 59.2 Å². The van der Waals surface area contributed by atoms with E-state index in [4.69, 9.17) is 13.9 Å². The van der Waals surface area contributed by atoms with E-state index in [0.717, 1.165) is 22.7 Å². The lowest BCUT2D eigenvalue weighted by Crippen LogP contribution is -2.12. The second-order valence-electron chi connectivity index (χ2n) is 7.99. The third-order valence-electron chi connectivity index (χ3n) is 5.61. The van der Waals surface area contributed by atoms with Crippen molar-refractivity contribution in [1.29, 1.82) is 0 Å². The van der Waals surface area contributed by atoms with Crippen molar-refractivity contribution >= 4 is 23.4 Å². The molecule has 0 unspecified atom stereocenters. The highest BCUT2D eigenvalue weighted by Crippen LogP contribution is 2.31. The summed E-state index contributed by atoms with van der Waals surface area (Å²) in [6.45, 7) is 0. The van der Waals surface area contributed by atoms with E-state index in [0.29, 0.717) is 33.7 Å². The van der Waals surface area contributed by atoms with Crippen LogP contribution in [0.25, 0.3) is 17.3 Å². The molecule has 0 fully saturated rings. The standard InChI is InChI=1S/C28H24N4O4S/c1-34-23-12-8-21(9-13-23)29-27(33)20-6-3-5-19(17-20)18-37-28-31-30-26(25-7-4-16-36-25)32(28)22-10-14-24(35-2)15-11-22/h3-17H,18H2,1-2H3,(H,29,33). The molecule has 5 rings (SSSR count). The molecular formula is C28H24N4O4S. The minimum atomic E-state index is -0.182. The van der Waals surface area contributed by atoms with Gasteiger partial charge in [-0.1, -0.05) is 23.9 Å². The predicted molar refractivity (Wildman–Crippen MR) is 143 cm³/mol. The molecule has 0 atom stereocenters. The van der Waals surface area contributed by atoms with Crippen molar-refractivity contribution in [1.82, 2.24) is 14.8 Å². The van der Waals surface area contributed by atoms with Gasteiger partial charge in [0.15, 0.2) is 10.9 Å². The summed E-state index contributed by atoms with van der Waals surface area (Å²) in [4.78, 5) is 12.8. The van der Waals surface area contributed by atoms with Gasteiger partial charge in [0, 0.05) is 17.0 Å². The Morgan fingerprint density at radius 3 is 2.32 bits per heavy atom. The molecule has 1 amide bonds. The van der Waals surface area contributed by atoms with Gasteiger partial charge in [-0.3, -0.25) is 9.36 Å². The number of amides is 1. The molecule has 0 aliphatic rings. The molecule has 8 nitrogen and oxygen atoms in total. The average Bonchev–Trinajstić information content (AvgIpc) is 3.63. The molecule has 0 spiro atoms. The number of benzene rings is 3. The molecule has 0 aliphatic carbocycles. The fraction of sp³-hybridized carbons (Fsp3) is 0.107. The summed E-state index contributed by atoms with van der Waals surface area (Å²) in [5, 5.41) is 12.4. The number of hydrogen-bond donors (Lipinski definition) is 1. The van der Waals surface area contributed by atoms with Crippen LogP contribution in [0.3, 0.4) is 0 Å². The summed E-state index contributed by atoms with van der Waals surface area (Å²) in [5.41, 5.74) is 3.13. The number of aromatic nitrogens is 3. The van der Waals surface area contributed by atoms with Gasteiger partial charge in [0.05, 0.1) is 26.2 Å². The number of ether oxygens (including phenoxy) is 2. The van der Waals surface area contributed by atoms with Crippen LogP contribution in [-0.2, 0) is 5.75 Å². The highest BCUT2D eigenvalue weighted by molar-refractivity contribution is 7.98. The van der Waals surface area contributed by atoms with E-state index in [2.05, 4.69) is 15.5 Å². The molecule has 9 heteroatoms. The quantitative estimate of drug-likeness (QED) is 0.239. The number of carbonyl (C=O) groups excluding carboxylic acids is 1. The highest BCUT2D eigenvalue weighted by atomic mass is 32.2. The number of nitrogens with one attached hydrogen (secondary N) is 1. The molecule has 0 saturated heterocycles. The Labute approximate surface area is 218 Å². The Morgan fingerprint density at radius 2 is 1.65 bits per heavy atom. The minimum Gasteiger partial charge on any atom is -0.497 e. The van der Waals surface area contributed by atoms with Crippen molar-refractivity contribution < 1.29 is 18.7 Å². The number of nitrogens with zero attached hydrogens (tertiary/aromatic N) is 3. The summed E-state index contributed by atoms with van der Waals surface area (Å²) in [7, 11) is 3.24. The molecule has 0 aliphatic heterocycles. The summed E-state index contributed by atoms with van der Waals surface area (Å²) < 4.78 is 18.0. The van der Waals surface area contributed by atoms with E-state index in [1.165, 1.54) is 11.8 Å². The summed E-state index contributed by atoms with van der Waals surface area (Å²) >= 11 is 1.52. The van der Waals surface area contributed by atoms with Gasteiger partial charge in [-0.05, 0) is 78.4 Å². The molecule has 0 bridgehead atoms. The maximum Gasteiger partial charge on any atom is 0.255 e. The van der Waals surface area contributed by atoms with Crippen molar-refractivity contribution in [3.63, 3.8) is 0 Å². The first kappa shape index (κ1) is 24.2. The van der Waals surface area contributed by atoms with Gasteiger partial charge in [-0.15, -0.1) is 10.2 Å². The van der Waals surface area contributed by atoms with E-state index in [9.17, 15) is 4.79 Å². The topological polar surface area (TPSA) is 91.4 Å². The van der Waals surface area contributed by atoms with Crippen LogP contribution in [-0.4, -0.2) is 34.9 Å². The third-order valence-corrected chi connectivity index (χ3v) is 6.61. The Morgan fingerprint density at radius 1 is 0.919 bits per heavy atom. The number of furan rings is 1. The molecule has 0 saturated carbocycles. The Hall–Kier alpha value is -4.50. The first-order chi connectivity index (χ1) is 18.1. The van der Waals surface area contributed by atoms with Gasteiger partial charge in [0.1, 0.15) is 11.5 Å². The van der Waals surface area contributed by atoms with Crippen LogP contribution in [0, 0.1) is 0 Å². The number of carbonyl (C=O) groups is 1. The molecule has 5 aromatic rings. The number of rotatable bonds is 9.